The molecule has 1 atom stereocenters. The van der Waals surface area contributed by atoms with Gasteiger partial charge in [0.1, 0.15) is 5.82 Å². The molecule has 220 valence electrons. The molecule has 1 unspecified atom stereocenters. The van der Waals surface area contributed by atoms with Crippen LogP contribution < -0.4 is 16.2 Å². The molecule has 5 rings (SSSR count). The van der Waals surface area contributed by atoms with Gasteiger partial charge in [0, 0.05) is 36.3 Å². The summed E-state index contributed by atoms with van der Waals surface area (Å²) in [6.07, 6.45) is 7.37. The minimum Gasteiger partial charge on any atom is -0.349 e. The molecule has 2 heterocycles. The summed E-state index contributed by atoms with van der Waals surface area (Å²) in [6.45, 7) is 14.0. The van der Waals surface area contributed by atoms with Gasteiger partial charge in [-0.05, 0) is 123 Å². The topological polar surface area (TPSA) is 66.4 Å². The van der Waals surface area contributed by atoms with Gasteiger partial charge in [0.2, 0.25) is 0 Å². The number of benzene rings is 2. The molecule has 0 bridgehead atoms. The van der Waals surface area contributed by atoms with E-state index < -0.39 is 5.82 Å². The fraction of sp³-hybridized carbons (Fsp3) is 0.529. The van der Waals surface area contributed by atoms with E-state index in [1.165, 1.54) is 18.9 Å². The van der Waals surface area contributed by atoms with Crippen LogP contribution in [0.4, 0.5) is 4.39 Å². The lowest BCUT2D eigenvalue weighted by Crippen LogP contribution is -2.37. The monoisotopic (exact) mass is 560 g/mol. The number of carbonyl (C=O) groups is 1. The lowest BCUT2D eigenvalue weighted by molar-refractivity contribution is 0.0950. The largest absolute Gasteiger partial charge is 0.349 e. The molecule has 2 aromatic carbocycles. The maximum absolute atomic E-state index is 15.0. The van der Waals surface area contributed by atoms with Crippen molar-refractivity contribution in [3.8, 4) is 11.1 Å². The van der Waals surface area contributed by atoms with Crippen LogP contribution in [0, 0.1) is 24.6 Å². The molecule has 2 fully saturated rings. The normalized spacial score (nSPS) is 17.2. The van der Waals surface area contributed by atoms with Crippen LogP contribution in [0.5, 0.6) is 0 Å². The molecule has 0 spiro atoms. The lowest BCUT2D eigenvalue weighted by Gasteiger charge is -2.31. The number of likely N-dealkylation sites (tertiary alicyclic amines) is 1. The quantitative estimate of drug-likeness (QED) is 0.308. The number of carbonyl (C=O) groups excluding carboxylic acids is 1. The predicted molar refractivity (Wildman–Crippen MR) is 165 cm³/mol. The fourth-order valence-corrected chi connectivity index (χ4v) is 5.90. The van der Waals surface area contributed by atoms with E-state index in [-0.39, 0.29) is 17.5 Å². The maximum atomic E-state index is 15.0. The number of fused-ring (bicyclic) bond motifs is 1. The van der Waals surface area contributed by atoms with Crippen molar-refractivity contribution in [2.24, 2.45) is 11.8 Å². The predicted octanol–water partition coefficient (Wildman–Crippen LogP) is 5.88. The Hall–Kier alpha value is -3.03. The van der Waals surface area contributed by atoms with Crippen molar-refractivity contribution in [3.05, 3.63) is 69.4 Å². The van der Waals surface area contributed by atoms with Gasteiger partial charge in [-0.1, -0.05) is 33.3 Å². The number of nitrogens with zero attached hydrogens (tertiary/aromatic N) is 2. The summed E-state index contributed by atoms with van der Waals surface area (Å²) in [5.74, 6) is 0.407. The number of halogens is 1. The van der Waals surface area contributed by atoms with E-state index in [1.54, 1.807) is 13.0 Å². The van der Waals surface area contributed by atoms with Gasteiger partial charge in [-0.2, -0.15) is 0 Å². The molecule has 1 aliphatic carbocycles. The zero-order chi connectivity index (χ0) is 29.1. The van der Waals surface area contributed by atoms with Crippen LogP contribution in [-0.4, -0.2) is 47.6 Å². The number of nitrogens with one attached hydrogen (secondary N) is 2. The number of pyridine rings is 1. The number of piperidine rings is 1. The van der Waals surface area contributed by atoms with Crippen molar-refractivity contribution in [1.82, 2.24) is 20.1 Å². The Morgan fingerprint density at radius 1 is 1.07 bits per heavy atom. The second-order valence-electron chi connectivity index (χ2n) is 12.3. The molecule has 1 amide bonds. The molecular formula is C34H45FN4O2. The molecule has 1 aliphatic heterocycles. The van der Waals surface area contributed by atoms with E-state index in [0.717, 1.165) is 62.0 Å². The van der Waals surface area contributed by atoms with Crippen LogP contribution in [0.25, 0.3) is 21.9 Å². The van der Waals surface area contributed by atoms with Crippen molar-refractivity contribution in [1.29, 1.82) is 0 Å². The molecule has 1 aromatic heterocycles. The highest BCUT2D eigenvalue weighted by atomic mass is 19.1. The van der Waals surface area contributed by atoms with E-state index in [2.05, 4.69) is 36.3 Å². The highest BCUT2D eigenvalue weighted by Crippen LogP contribution is 2.31. The first kappa shape index (κ1) is 29.5. The summed E-state index contributed by atoms with van der Waals surface area (Å²) in [5.41, 5.74) is 3.38. The molecule has 0 radical (unpaired) electrons. The SMILES string of the molecule is CCC(C)Cn1cc(CNCC2CCN(CC)CC2)c2cc(-c3cc(C(=O)NC4CC4)cc(F)c3C)ccc2c1=O. The summed E-state index contributed by atoms with van der Waals surface area (Å²) in [6, 6.07) is 9.07. The minimum atomic E-state index is -0.400. The number of hydrogen-bond acceptors (Lipinski definition) is 4. The zero-order valence-electron chi connectivity index (χ0n) is 25.1. The second-order valence-corrected chi connectivity index (χ2v) is 12.3. The van der Waals surface area contributed by atoms with Crippen LogP contribution in [0.2, 0.25) is 0 Å². The van der Waals surface area contributed by atoms with E-state index in [1.807, 2.05) is 29.0 Å². The van der Waals surface area contributed by atoms with E-state index in [9.17, 15) is 9.59 Å². The molecule has 1 saturated carbocycles. The smallest absolute Gasteiger partial charge is 0.258 e. The van der Waals surface area contributed by atoms with Crippen LogP contribution in [0.1, 0.15) is 74.4 Å². The molecule has 6 nitrogen and oxygen atoms in total. The van der Waals surface area contributed by atoms with Crippen molar-refractivity contribution in [2.75, 3.05) is 26.2 Å². The van der Waals surface area contributed by atoms with Crippen molar-refractivity contribution in [3.63, 3.8) is 0 Å². The standard InChI is InChI=1S/C34H45FN4O2/c1-5-22(3)20-39-21-27(19-36-18-24-11-13-38(6-2)14-12-24)31-15-25(7-10-29(31)34(39)41)30-16-26(17-32(35)23(30)4)33(40)37-28-8-9-28/h7,10,15-17,21-22,24,28,36H,5-6,8-9,11-14,18-20H2,1-4H3,(H,37,40). The van der Waals surface area contributed by atoms with Gasteiger partial charge < -0.3 is 20.1 Å². The van der Waals surface area contributed by atoms with E-state index in [4.69, 9.17) is 0 Å². The third-order valence-electron chi connectivity index (χ3n) is 9.11. The third-order valence-corrected chi connectivity index (χ3v) is 9.11. The van der Waals surface area contributed by atoms with E-state index >= 15 is 4.39 Å². The van der Waals surface area contributed by atoms with Crippen molar-refractivity contribution < 1.29 is 9.18 Å². The molecule has 2 aliphatic rings. The Morgan fingerprint density at radius 2 is 1.83 bits per heavy atom. The summed E-state index contributed by atoms with van der Waals surface area (Å²) in [5, 5.41) is 8.21. The first-order valence-corrected chi connectivity index (χ1v) is 15.5. The maximum Gasteiger partial charge on any atom is 0.258 e. The Kier molecular flexibility index (Phi) is 9.25. The zero-order valence-corrected chi connectivity index (χ0v) is 25.1. The Balaban J connectivity index is 1.48. The number of hydrogen-bond donors (Lipinski definition) is 2. The number of amides is 1. The van der Waals surface area contributed by atoms with Gasteiger partial charge in [-0.15, -0.1) is 0 Å². The summed E-state index contributed by atoms with van der Waals surface area (Å²) < 4.78 is 16.9. The Labute approximate surface area is 243 Å². The number of aromatic nitrogens is 1. The molecule has 7 heteroatoms. The Bertz CT molecular complexity index is 1450. The lowest BCUT2D eigenvalue weighted by atomic mass is 9.94. The van der Waals surface area contributed by atoms with Gasteiger partial charge >= 0.3 is 0 Å². The van der Waals surface area contributed by atoms with Crippen molar-refractivity contribution in [2.45, 2.75) is 78.9 Å². The van der Waals surface area contributed by atoms with Crippen LogP contribution in [0.3, 0.4) is 0 Å². The summed E-state index contributed by atoms with van der Waals surface area (Å²) >= 11 is 0. The fourth-order valence-electron chi connectivity index (χ4n) is 5.90. The van der Waals surface area contributed by atoms with Gasteiger partial charge in [0.25, 0.3) is 11.5 Å². The van der Waals surface area contributed by atoms with Gasteiger partial charge in [-0.3, -0.25) is 9.59 Å². The average Bonchev–Trinajstić information content (AvgIpc) is 3.80. The highest BCUT2D eigenvalue weighted by molar-refractivity contribution is 5.97. The van der Waals surface area contributed by atoms with Gasteiger partial charge in [0.05, 0.1) is 0 Å². The highest BCUT2D eigenvalue weighted by Gasteiger charge is 2.25. The Morgan fingerprint density at radius 3 is 2.51 bits per heavy atom. The third kappa shape index (κ3) is 6.90. The summed E-state index contributed by atoms with van der Waals surface area (Å²) in [7, 11) is 0. The van der Waals surface area contributed by atoms with Crippen LogP contribution in [0.15, 0.2) is 41.3 Å². The molecule has 41 heavy (non-hydrogen) atoms. The average molecular weight is 561 g/mol. The van der Waals surface area contributed by atoms with Crippen LogP contribution >= 0.6 is 0 Å². The minimum absolute atomic E-state index is 0.00278. The molecule has 2 N–H and O–H groups in total. The van der Waals surface area contributed by atoms with Gasteiger partial charge in [0.15, 0.2) is 0 Å². The van der Waals surface area contributed by atoms with Crippen LogP contribution in [-0.2, 0) is 13.1 Å². The second kappa shape index (κ2) is 12.9. The van der Waals surface area contributed by atoms with Crippen molar-refractivity contribution >= 4 is 16.7 Å². The molecule has 1 saturated heterocycles. The molecular weight excluding hydrogens is 515 g/mol. The first-order chi connectivity index (χ1) is 19.8. The van der Waals surface area contributed by atoms with E-state index in [0.29, 0.717) is 47.0 Å². The number of rotatable bonds is 11. The van der Waals surface area contributed by atoms with Gasteiger partial charge in [-0.25, -0.2) is 4.39 Å². The molecule has 3 aromatic rings. The first-order valence-electron chi connectivity index (χ1n) is 15.5. The summed E-state index contributed by atoms with van der Waals surface area (Å²) in [4.78, 5) is 28.8.